The molecule has 100 valence electrons. The zero-order valence-electron chi connectivity index (χ0n) is 9.40. The van der Waals surface area contributed by atoms with Gasteiger partial charge in [-0.2, -0.15) is 11.8 Å². The molecule has 8 heteroatoms. The summed E-state index contributed by atoms with van der Waals surface area (Å²) < 4.78 is 27.7. The fourth-order valence-corrected chi connectivity index (χ4v) is 5.05. The van der Waals surface area contributed by atoms with E-state index in [1.807, 2.05) is 11.8 Å². The van der Waals surface area contributed by atoms with Gasteiger partial charge in [-0.05, 0) is 46.3 Å². The topological polar surface area (TPSA) is 59.1 Å². The Morgan fingerprint density at radius 3 is 2.78 bits per heavy atom. The molecule has 0 radical (unpaired) electrons. The molecular formula is C10H12BrClN2O2S2. The van der Waals surface area contributed by atoms with Crippen LogP contribution in [0, 0.1) is 0 Å². The molecule has 0 saturated carbocycles. The molecule has 1 saturated heterocycles. The molecule has 2 rings (SSSR count). The number of thioether (sulfide) groups is 1. The number of nitrogens with one attached hydrogen (secondary N) is 1. The van der Waals surface area contributed by atoms with Crippen LogP contribution >= 0.6 is 39.3 Å². The van der Waals surface area contributed by atoms with Gasteiger partial charge in [0.15, 0.2) is 0 Å². The van der Waals surface area contributed by atoms with Crippen molar-refractivity contribution < 1.29 is 8.42 Å². The minimum atomic E-state index is -3.60. The van der Waals surface area contributed by atoms with Crippen LogP contribution in [0.3, 0.4) is 0 Å². The van der Waals surface area contributed by atoms with Gasteiger partial charge in [-0.3, -0.25) is 0 Å². The maximum absolute atomic E-state index is 12.2. The zero-order valence-corrected chi connectivity index (χ0v) is 13.4. The first kappa shape index (κ1) is 14.6. The van der Waals surface area contributed by atoms with Crippen molar-refractivity contribution in [3.05, 3.63) is 21.9 Å². The van der Waals surface area contributed by atoms with E-state index in [0.29, 0.717) is 4.47 Å². The standard InChI is InChI=1S/C10H12BrClN2O2S2/c11-7-5-9(10(12)13-6-7)18(15,16)14-8-1-3-17-4-2-8/h5-6,8,14H,1-4H2. The van der Waals surface area contributed by atoms with E-state index in [9.17, 15) is 8.42 Å². The lowest BCUT2D eigenvalue weighted by atomic mass is 10.2. The molecule has 0 bridgehead atoms. The van der Waals surface area contributed by atoms with E-state index in [1.165, 1.54) is 12.3 Å². The highest BCUT2D eigenvalue weighted by Gasteiger charge is 2.24. The largest absolute Gasteiger partial charge is 0.243 e. The first-order chi connectivity index (χ1) is 8.49. The van der Waals surface area contributed by atoms with Gasteiger partial charge in [0.1, 0.15) is 10.0 Å². The lowest BCUT2D eigenvalue weighted by molar-refractivity contribution is 0.528. The first-order valence-electron chi connectivity index (χ1n) is 5.40. The van der Waals surface area contributed by atoms with Crippen LogP contribution in [0.15, 0.2) is 21.6 Å². The number of nitrogens with zero attached hydrogens (tertiary/aromatic N) is 1. The van der Waals surface area contributed by atoms with Crippen molar-refractivity contribution in [3.8, 4) is 0 Å². The minimum Gasteiger partial charge on any atom is -0.242 e. The summed E-state index contributed by atoms with van der Waals surface area (Å²) in [7, 11) is -3.60. The molecule has 1 aliphatic rings. The number of rotatable bonds is 3. The van der Waals surface area contributed by atoms with E-state index in [-0.39, 0.29) is 16.1 Å². The monoisotopic (exact) mass is 370 g/mol. The molecule has 0 spiro atoms. The van der Waals surface area contributed by atoms with Gasteiger partial charge in [-0.25, -0.2) is 18.1 Å². The second-order valence-corrected chi connectivity index (χ2v) is 8.13. The third-order valence-corrected chi connectivity index (χ3v) is 6.04. The highest BCUT2D eigenvalue weighted by Crippen LogP contribution is 2.24. The average Bonchev–Trinajstić information content (AvgIpc) is 2.33. The van der Waals surface area contributed by atoms with Gasteiger partial charge in [0.2, 0.25) is 10.0 Å². The van der Waals surface area contributed by atoms with Crippen molar-refractivity contribution in [1.82, 2.24) is 9.71 Å². The molecule has 1 aromatic heterocycles. The average molecular weight is 372 g/mol. The molecule has 0 atom stereocenters. The highest BCUT2D eigenvalue weighted by molar-refractivity contribution is 9.10. The summed E-state index contributed by atoms with van der Waals surface area (Å²) >= 11 is 10.9. The van der Waals surface area contributed by atoms with Gasteiger partial charge in [0, 0.05) is 16.7 Å². The SMILES string of the molecule is O=S(=O)(NC1CCSCC1)c1cc(Br)cnc1Cl. The van der Waals surface area contributed by atoms with E-state index in [1.54, 1.807) is 0 Å². The normalized spacial score (nSPS) is 17.9. The number of pyridine rings is 1. The Morgan fingerprint density at radius 1 is 1.44 bits per heavy atom. The molecule has 18 heavy (non-hydrogen) atoms. The van der Waals surface area contributed by atoms with Crippen LogP contribution in [0.5, 0.6) is 0 Å². The summed E-state index contributed by atoms with van der Waals surface area (Å²) in [6, 6.07) is 1.46. The van der Waals surface area contributed by atoms with Crippen molar-refractivity contribution in [1.29, 1.82) is 0 Å². The van der Waals surface area contributed by atoms with Gasteiger partial charge in [-0.15, -0.1) is 0 Å². The molecule has 4 nitrogen and oxygen atoms in total. The number of hydrogen-bond donors (Lipinski definition) is 1. The fourth-order valence-electron chi connectivity index (χ4n) is 1.69. The molecule has 1 N–H and O–H groups in total. The van der Waals surface area contributed by atoms with Gasteiger partial charge >= 0.3 is 0 Å². The van der Waals surface area contributed by atoms with Gasteiger partial charge < -0.3 is 0 Å². The summed E-state index contributed by atoms with van der Waals surface area (Å²) in [5, 5.41) is -0.00381. The molecule has 0 aromatic carbocycles. The van der Waals surface area contributed by atoms with Crippen LogP contribution < -0.4 is 4.72 Å². The Morgan fingerprint density at radius 2 is 2.11 bits per heavy atom. The van der Waals surface area contributed by atoms with E-state index in [2.05, 4.69) is 25.6 Å². The Kier molecular flexibility index (Phi) is 4.93. The third kappa shape index (κ3) is 3.60. The van der Waals surface area contributed by atoms with Crippen molar-refractivity contribution >= 4 is 49.3 Å². The van der Waals surface area contributed by atoms with Gasteiger partial charge in [0.25, 0.3) is 0 Å². The lowest BCUT2D eigenvalue weighted by Gasteiger charge is -2.22. The smallest absolute Gasteiger partial charge is 0.242 e. The molecule has 2 heterocycles. The summed E-state index contributed by atoms with van der Waals surface area (Å²) in [5.41, 5.74) is 0. The Labute approximate surface area is 124 Å². The third-order valence-electron chi connectivity index (χ3n) is 2.61. The van der Waals surface area contributed by atoms with E-state index < -0.39 is 10.0 Å². The minimum absolute atomic E-state index is 0.00381. The number of aromatic nitrogens is 1. The van der Waals surface area contributed by atoms with Gasteiger partial charge in [-0.1, -0.05) is 11.6 Å². The maximum atomic E-state index is 12.2. The number of hydrogen-bond acceptors (Lipinski definition) is 4. The fraction of sp³-hybridized carbons (Fsp3) is 0.500. The molecular weight excluding hydrogens is 360 g/mol. The van der Waals surface area contributed by atoms with E-state index >= 15 is 0 Å². The predicted molar refractivity (Wildman–Crippen MR) is 77.6 cm³/mol. The quantitative estimate of drug-likeness (QED) is 0.830. The van der Waals surface area contributed by atoms with Crippen LogP contribution in [0.2, 0.25) is 5.15 Å². The maximum Gasteiger partial charge on any atom is 0.243 e. The summed E-state index contributed by atoms with van der Waals surface area (Å²) in [6.45, 7) is 0. The first-order valence-corrected chi connectivity index (χ1v) is 9.21. The molecule has 0 unspecified atom stereocenters. The van der Waals surface area contributed by atoms with Crippen molar-refractivity contribution in [2.45, 2.75) is 23.8 Å². The molecule has 0 amide bonds. The molecule has 0 aliphatic carbocycles. The van der Waals surface area contributed by atoms with E-state index in [0.717, 1.165) is 24.3 Å². The Bertz CT molecular complexity index is 533. The van der Waals surface area contributed by atoms with Crippen LogP contribution in [0.25, 0.3) is 0 Å². The number of halogens is 2. The second-order valence-electron chi connectivity index (χ2n) is 3.95. The highest BCUT2D eigenvalue weighted by atomic mass is 79.9. The lowest BCUT2D eigenvalue weighted by Crippen LogP contribution is -2.37. The second kappa shape index (κ2) is 6.09. The van der Waals surface area contributed by atoms with Crippen LogP contribution in [-0.2, 0) is 10.0 Å². The van der Waals surface area contributed by atoms with Gasteiger partial charge in [0.05, 0.1) is 0 Å². The Hall–Kier alpha value is 0.180. The van der Waals surface area contributed by atoms with Crippen molar-refractivity contribution in [3.63, 3.8) is 0 Å². The van der Waals surface area contributed by atoms with Crippen LogP contribution in [-0.4, -0.2) is 30.9 Å². The van der Waals surface area contributed by atoms with Crippen LogP contribution in [0.4, 0.5) is 0 Å². The summed E-state index contributed by atoms with van der Waals surface area (Å²) in [6.07, 6.45) is 3.17. The van der Waals surface area contributed by atoms with Crippen LogP contribution in [0.1, 0.15) is 12.8 Å². The van der Waals surface area contributed by atoms with Crippen molar-refractivity contribution in [2.75, 3.05) is 11.5 Å². The van der Waals surface area contributed by atoms with E-state index in [4.69, 9.17) is 11.6 Å². The number of sulfonamides is 1. The summed E-state index contributed by atoms with van der Waals surface area (Å²) in [5.74, 6) is 1.97. The molecule has 1 aliphatic heterocycles. The Balaban J connectivity index is 2.21. The molecule has 1 aromatic rings. The predicted octanol–water partition coefficient (Wildman–Crippen LogP) is 2.67. The summed E-state index contributed by atoms with van der Waals surface area (Å²) in [4.78, 5) is 3.86. The van der Waals surface area contributed by atoms with Crippen molar-refractivity contribution in [2.24, 2.45) is 0 Å². The molecule has 1 fully saturated rings. The zero-order chi connectivity index (χ0) is 13.2.